The highest BCUT2D eigenvalue weighted by molar-refractivity contribution is 6.31. The summed E-state index contributed by atoms with van der Waals surface area (Å²) in [6.45, 7) is 0.418. The maximum absolute atomic E-state index is 12.8. The van der Waals surface area contributed by atoms with Crippen LogP contribution in [0.4, 0.5) is 0 Å². The van der Waals surface area contributed by atoms with Gasteiger partial charge in [0.1, 0.15) is 5.75 Å². The van der Waals surface area contributed by atoms with Gasteiger partial charge in [-0.3, -0.25) is 4.79 Å². The summed E-state index contributed by atoms with van der Waals surface area (Å²) < 4.78 is 5.22. The monoisotopic (exact) mass is 404 g/mol. The summed E-state index contributed by atoms with van der Waals surface area (Å²) >= 11 is 6.52. The number of ether oxygens (including phenoxy) is 1. The van der Waals surface area contributed by atoms with Gasteiger partial charge in [0.2, 0.25) is 0 Å². The number of amides is 1. The smallest absolute Gasteiger partial charge is 0.251 e. The summed E-state index contributed by atoms with van der Waals surface area (Å²) in [5.74, 6) is 0.409. The van der Waals surface area contributed by atoms with E-state index >= 15 is 0 Å². The largest absolute Gasteiger partial charge is 0.497 e. The molecule has 2 N–H and O–H groups in total. The molecule has 0 saturated heterocycles. The minimum Gasteiger partial charge on any atom is -0.497 e. The normalized spacial score (nSPS) is 11.9. The van der Waals surface area contributed by atoms with Crippen molar-refractivity contribution in [3.63, 3.8) is 0 Å². The van der Waals surface area contributed by atoms with Crippen LogP contribution in [0.25, 0.3) is 10.9 Å². The Morgan fingerprint density at radius 2 is 1.83 bits per heavy atom. The lowest BCUT2D eigenvalue weighted by atomic mass is 9.90. The first-order valence-corrected chi connectivity index (χ1v) is 9.78. The molecule has 0 aliphatic carbocycles. The van der Waals surface area contributed by atoms with Crippen molar-refractivity contribution >= 4 is 28.4 Å². The first kappa shape index (κ1) is 19.1. The van der Waals surface area contributed by atoms with E-state index in [1.165, 1.54) is 0 Å². The van der Waals surface area contributed by atoms with Crippen molar-refractivity contribution in [3.05, 3.63) is 101 Å². The Kier molecular flexibility index (Phi) is 5.54. The molecule has 4 nitrogen and oxygen atoms in total. The Labute approximate surface area is 174 Å². The fourth-order valence-corrected chi connectivity index (χ4v) is 3.86. The number of halogens is 1. The van der Waals surface area contributed by atoms with Crippen LogP contribution >= 0.6 is 11.6 Å². The molecule has 0 saturated carbocycles. The van der Waals surface area contributed by atoms with Crippen molar-refractivity contribution in [1.29, 1.82) is 0 Å². The second-order valence-electron chi connectivity index (χ2n) is 6.81. The molecule has 0 fully saturated rings. The van der Waals surface area contributed by atoms with Crippen LogP contribution in [-0.4, -0.2) is 24.5 Å². The van der Waals surface area contributed by atoms with Gasteiger partial charge in [0, 0.05) is 40.1 Å². The summed E-state index contributed by atoms with van der Waals surface area (Å²) in [6, 6.07) is 23.0. The number of para-hydroxylation sites is 1. The van der Waals surface area contributed by atoms with Gasteiger partial charge in [-0.15, -0.1) is 0 Å². The lowest BCUT2D eigenvalue weighted by Gasteiger charge is -2.19. The number of benzene rings is 3. The van der Waals surface area contributed by atoms with Crippen molar-refractivity contribution in [3.8, 4) is 5.75 Å². The third-order valence-corrected chi connectivity index (χ3v) is 5.42. The fourth-order valence-electron chi connectivity index (χ4n) is 3.59. The minimum atomic E-state index is -0.152. The molecule has 4 aromatic rings. The second kappa shape index (κ2) is 8.41. The Morgan fingerprint density at radius 1 is 1.03 bits per heavy atom. The quantitative estimate of drug-likeness (QED) is 0.452. The van der Waals surface area contributed by atoms with Gasteiger partial charge >= 0.3 is 0 Å². The molecule has 1 heterocycles. The number of hydrogen-bond acceptors (Lipinski definition) is 2. The number of H-pyrrole nitrogens is 1. The molecule has 1 aromatic heterocycles. The third kappa shape index (κ3) is 3.98. The molecule has 0 aliphatic rings. The first-order valence-electron chi connectivity index (χ1n) is 9.40. The zero-order valence-corrected chi connectivity index (χ0v) is 16.7. The van der Waals surface area contributed by atoms with Crippen LogP contribution in [0.3, 0.4) is 0 Å². The molecule has 0 radical (unpaired) electrons. The van der Waals surface area contributed by atoms with E-state index in [9.17, 15) is 4.79 Å². The van der Waals surface area contributed by atoms with Gasteiger partial charge in [-0.1, -0.05) is 54.1 Å². The summed E-state index contributed by atoms with van der Waals surface area (Å²) in [6.07, 6.45) is 2.00. The van der Waals surface area contributed by atoms with Gasteiger partial charge in [0.05, 0.1) is 7.11 Å². The molecule has 0 spiro atoms. The maximum Gasteiger partial charge on any atom is 0.251 e. The van der Waals surface area contributed by atoms with Gasteiger partial charge in [-0.2, -0.15) is 0 Å². The molecular weight excluding hydrogens is 384 g/mol. The lowest BCUT2D eigenvalue weighted by Crippen LogP contribution is -2.29. The van der Waals surface area contributed by atoms with E-state index in [0.29, 0.717) is 22.9 Å². The van der Waals surface area contributed by atoms with Crippen molar-refractivity contribution in [2.24, 2.45) is 0 Å². The second-order valence-corrected chi connectivity index (χ2v) is 7.21. The number of nitrogens with one attached hydrogen (secondary N) is 2. The predicted molar refractivity (Wildman–Crippen MR) is 117 cm³/mol. The van der Waals surface area contributed by atoms with Crippen LogP contribution in [0.15, 0.2) is 79.0 Å². The van der Waals surface area contributed by atoms with Crippen molar-refractivity contribution < 1.29 is 9.53 Å². The third-order valence-electron chi connectivity index (χ3n) is 5.08. The van der Waals surface area contributed by atoms with Crippen LogP contribution in [0.2, 0.25) is 5.02 Å². The van der Waals surface area contributed by atoms with E-state index in [0.717, 1.165) is 22.0 Å². The molecule has 1 amide bonds. The average Bonchev–Trinajstić information content (AvgIpc) is 3.19. The van der Waals surface area contributed by atoms with Crippen molar-refractivity contribution in [2.45, 2.75) is 5.92 Å². The van der Waals surface area contributed by atoms with Gasteiger partial charge in [-0.25, -0.2) is 0 Å². The average molecular weight is 405 g/mol. The van der Waals surface area contributed by atoms with E-state index in [2.05, 4.69) is 16.4 Å². The van der Waals surface area contributed by atoms with Crippen molar-refractivity contribution in [2.75, 3.05) is 13.7 Å². The van der Waals surface area contributed by atoms with Gasteiger partial charge in [-0.05, 0) is 41.5 Å². The zero-order chi connectivity index (χ0) is 20.2. The molecule has 5 heteroatoms. The lowest BCUT2D eigenvalue weighted by molar-refractivity contribution is 0.0952. The number of aromatic nitrogens is 1. The zero-order valence-electron chi connectivity index (χ0n) is 16.0. The minimum absolute atomic E-state index is 0.0885. The number of hydrogen-bond donors (Lipinski definition) is 2. The number of methoxy groups -OCH3 is 1. The summed E-state index contributed by atoms with van der Waals surface area (Å²) in [7, 11) is 1.58. The highest BCUT2D eigenvalue weighted by atomic mass is 35.5. The number of carbonyl (C=O) groups excluding carboxylic acids is 1. The van der Waals surface area contributed by atoms with Crippen LogP contribution < -0.4 is 10.1 Å². The van der Waals surface area contributed by atoms with Gasteiger partial charge < -0.3 is 15.0 Å². The fraction of sp³-hybridized carbons (Fsp3) is 0.125. The highest BCUT2D eigenvalue weighted by Crippen LogP contribution is 2.34. The van der Waals surface area contributed by atoms with Crippen LogP contribution in [0, 0.1) is 0 Å². The molecule has 146 valence electrons. The standard InChI is InChI=1S/C24H21ClN2O2/c1-29-17-8-6-7-16(13-17)24(28)27-15-20(18-9-2-4-11-22(18)25)21-14-26-23-12-5-3-10-19(21)23/h2-14,20,26H,15H2,1H3,(H,27,28)/t20-/m0/s1. The number of carbonyl (C=O) groups is 1. The Hall–Kier alpha value is -3.24. The predicted octanol–water partition coefficient (Wildman–Crippen LogP) is 5.39. The SMILES string of the molecule is COc1cccc(C(=O)NC[C@@H](c2ccccc2Cl)c2c[nH]c3ccccc23)c1. The molecule has 1 atom stereocenters. The molecule has 4 rings (SSSR count). The van der Waals surface area contributed by atoms with E-state index in [4.69, 9.17) is 16.3 Å². The van der Waals surface area contributed by atoms with E-state index in [-0.39, 0.29) is 11.8 Å². The Balaban J connectivity index is 1.66. The Bertz CT molecular complexity index is 1150. The number of aromatic amines is 1. The molecule has 3 aromatic carbocycles. The molecule has 0 unspecified atom stereocenters. The summed E-state index contributed by atoms with van der Waals surface area (Å²) in [4.78, 5) is 16.1. The first-order chi connectivity index (χ1) is 14.2. The molecular formula is C24H21ClN2O2. The summed E-state index contributed by atoms with van der Waals surface area (Å²) in [5, 5.41) is 4.86. The van der Waals surface area contributed by atoms with Crippen LogP contribution in [-0.2, 0) is 0 Å². The molecule has 0 aliphatic heterocycles. The van der Waals surface area contributed by atoms with Crippen LogP contribution in [0.5, 0.6) is 5.75 Å². The van der Waals surface area contributed by atoms with Crippen molar-refractivity contribution in [1.82, 2.24) is 10.3 Å². The van der Waals surface area contributed by atoms with E-state index in [1.54, 1.807) is 25.3 Å². The highest BCUT2D eigenvalue weighted by Gasteiger charge is 2.21. The van der Waals surface area contributed by atoms with E-state index < -0.39 is 0 Å². The number of fused-ring (bicyclic) bond motifs is 1. The Morgan fingerprint density at radius 3 is 2.66 bits per heavy atom. The molecule has 0 bridgehead atoms. The molecule has 29 heavy (non-hydrogen) atoms. The van der Waals surface area contributed by atoms with E-state index in [1.807, 2.05) is 54.7 Å². The van der Waals surface area contributed by atoms with Gasteiger partial charge in [0.25, 0.3) is 5.91 Å². The number of rotatable bonds is 6. The van der Waals surface area contributed by atoms with Crippen LogP contribution in [0.1, 0.15) is 27.4 Å². The topological polar surface area (TPSA) is 54.1 Å². The van der Waals surface area contributed by atoms with Gasteiger partial charge in [0.15, 0.2) is 0 Å². The maximum atomic E-state index is 12.8. The summed E-state index contributed by atoms with van der Waals surface area (Å²) in [5.41, 5.74) is 3.68.